The summed E-state index contributed by atoms with van der Waals surface area (Å²) in [6.07, 6.45) is 4.41. The van der Waals surface area contributed by atoms with Gasteiger partial charge in [-0.3, -0.25) is 4.79 Å². The van der Waals surface area contributed by atoms with Crippen LogP contribution in [0.5, 0.6) is 0 Å². The van der Waals surface area contributed by atoms with Gasteiger partial charge in [0.2, 0.25) is 12.3 Å². The van der Waals surface area contributed by atoms with Gasteiger partial charge in [0.15, 0.2) is 0 Å². The zero-order chi connectivity index (χ0) is 19.5. The van der Waals surface area contributed by atoms with E-state index in [1.807, 2.05) is 31.2 Å². The molecule has 8 heteroatoms. The van der Waals surface area contributed by atoms with E-state index in [9.17, 15) is 4.79 Å². The minimum Gasteiger partial charge on any atom is -0.423 e. The van der Waals surface area contributed by atoms with Crippen LogP contribution in [0.4, 0.5) is 0 Å². The molecule has 140 valence electrons. The Bertz CT molecular complexity index is 1040. The lowest BCUT2D eigenvalue weighted by atomic mass is 10.0. The van der Waals surface area contributed by atoms with Gasteiger partial charge in [0.05, 0.1) is 11.7 Å². The van der Waals surface area contributed by atoms with E-state index in [2.05, 4.69) is 20.3 Å². The summed E-state index contributed by atoms with van der Waals surface area (Å²) >= 11 is 0. The lowest BCUT2D eigenvalue weighted by Crippen LogP contribution is -2.29. The van der Waals surface area contributed by atoms with Crippen LogP contribution in [-0.2, 0) is 0 Å². The Morgan fingerprint density at radius 2 is 1.86 bits per heavy atom. The highest BCUT2D eigenvalue weighted by atomic mass is 16.4. The number of aromatic nitrogens is 5. The van der Waals surface area contributed by atoms with Crippen LogP contribution in [0.2, 0.25) is 0 Å². The molecule has 0 unspecified atom stereocenters. The van der Waals surface area contributed by atoms with Gasteiger partial charge in [-0.15, -0.1) is 10.2 Å². The monoisotopic (exact) mass is 374 g/mol. The predicted octanol–water partition coefficient (Wildman–Crippen LogP) is 3.15. The molecule has 0 spiro atoms. The van der Waals surface area contributed by atoms with Gasteiger partial charge in [0.25, 0.3) is 5.91 Å². The van der Waals surface area contributed by atoms with Crippen LogP contribution < -0.4 is 0 Å². The molecule has 28 heavy (non-hydrogen) atoms. The Balaban J connectivity index is 1.48. The van der Waals surface area contributed by atoms with Gasteiger partial charge in [-0.2, -0.15) is 5.10 Å². The topological polar surface area (TPSA) is 89.9 Å². The van der Waals surface area contributed by atoms with E-state index in [1.54, 1.807) is 47.2 Å². The van der Waals surface area contributed by atoms with Crippen molar-refractivity contribution in [1.29, 1.82) is 0 Å². The number of amides is 1. The fourth-order valence-corrected chi connectivity index (χ4v) is 2.90. The van der Waals surface area contributed by atoms with Crippen LogP contribution in [0.3, 0.4) is 0 Å². The zero-order valence-electron chi connectivity index (χ0n) is 15.4. The summed E-state index contributed by atoms with van der Waals surface area (Å²) < 4.78 is 6.86. The van der Waals surface area contributed by atoms with Crippen molar-refractivity contribution in [2.24, 2.45) is 0 Å². The minimum absolute atomic E-state index is 0.0649. The van der Waals surface area contributed by atoms with Gasteiger partial charge in [0, 0.05) is 18.2 Å². The molecule has 2 heterocycles. The Labute approximate surface area is 161 Å². The average Bonchev–Trinajstić information content (AvgIpc) is 3.47. The summed E-state index contributed by atoms with van der Waals surface area (Å²) in [4.78, 5) is 18.5. The lowest BCUT2D eigenvalue weighted by molar-refractivity contribution is 0.0742. The van der Waals surface area contributed by atoms with Gasteiger partial charge in [0.1, 0.15) is 12.7 Å². The molecule has 0 aliphatic heterocycles. The van der Waals surface area contributed by atoms with Crippen LogP contribution in [0.25, 0.3) is 17.1 Å². The van der Waals surface area contributed by atoms with E-state index in [1.165, 1.54) is 12.7 Å². The molecular weight excluding hydrogens is 356 g/mol. The summed E-state index contributed by atoms with van der Waals surface area (Å²) in [6, 6.07) is 14.9. The molecule has 0 bridgehead atoms. The number of hydrogen-bond acceptors (Lipinski definition) is 6. The van der Waals surface area contributed by atoms with Crippen molar-refractivity contribution >= 4 is 5.91 Å². The molecule has 4 rings (SSSR count). The molecule has 2 aromatic heterocycles. The summed E-state index contributed by atoms with van der Waals surface area (Å²) in [6.45, 7) is 2.00. The first kappa shape index (κ1) is 17.6. The fraction of sp³-hybridized carbons (Fsp3) is 0.150. The van der Waals surface area contributed by atoms with Crippen LogP contribution in [0, 0.1) is 0 Å². The minimum atomic E-state index is -0.0899. The highest BCUT2D eigenvalue weighted by molar-refractivity contribution is 5.94. The summed E-state index contributed by atoms with van der Waals surface area (Å²) in [5.41, 5.74) is 3.31. The first-order valence-electron chi connectivity index (χ1n) is 8.72. The van der Waals surface area contributed by atoms with E-state index < -0.39 is 0 Å². The largest absolute Gasteiger partial charge is 0.423 e. The third-order valence-electron chi connectivity index (χ3n) is 4.70. The number of carbonyl (C=O) groups is 1. The van der Waals surface area contributed by atoms with E-state index in [-0.39, 0.29) is 11.9 Å². The molecular formula is C20H18N6O2. The van der Waals surface area contributed by atoms with Crippen LogP contribution in [-0.4, -0.2) is 42.8 Å². The summed E-state index contributed by atoms with van der Waals surface area (Å²) in [5, 5.41) is 11.6. The van der Waals surface area contributed by atoms with Gasteiger partial charge in [-0.05, 0) is 48.9 Å². The molecule has 1 atom stereocenters. The highest BCUT2D eigenvalue weighted by Crippen LogP contribution is 2.23. The standard InChI is InChI=1S/C20H18N6O2/c1-14(15-7-9-18(10-8-15)26-12-21-11-23-26)25(2)20(27)17-5-3-16(4-6-17)19-24-22-13-28-19/h3-14H,1-2H3/t14-/m1/s1. The molecule has 0 aliphatic rings. The molecule has 0 aliphatic carbocycles. The van der Waals surface area contributed by atoms with Crippen LogP contribution >= 0.6 is 0 Å². The van der Waals surface area contributed by atoms with Crippen molar-refractivity contribution in [3.05, 3.63) is 78.7 Å². The Morgan fingerprint density at radius 3 is 2.46 bits per heavy atom. The van der Waals surface area contributed by atoms with E-state index in [0.29, 0.717) is 11.5 Å². The molecule has 0 fully saturated rings. The normalized spacial score (nSPS) is 11.9. The van der Waals surface area contributed by atoms with Crippen molar-refractivity contribution in [2.45, 2.75) is 13.0 Å². The van der Waals surface area contributed by atoms with Crippen molar-refractivity contribution < 1.29 is 9.21 Å². The third kappa shape index (κ3) is 3.39. The van der Waals surface area contributed by atoms with Gasteiger partial charge in [-0.25, -0.2) is 9.67 Å². The molecule has 1 amide bonds. The molecule has 8 nitrogen and oxygen atoms in total. The Morgan fingerprint density at radius 1 is 1.11 bits per heavy atom. The second-order valence-electron chi connectivity index (χ2n) is 6.34. The number of rotatable bonds is 5. The van der Waals surface area contributed by atoms with Gasteiger partial charge < -0.3 is 9.32 Å². The van der Waals surface area contributed by atoms with Crippen molar-refractivity contribution in [2.75, 3.05) is 7.05 Å². The van der Waals surface area contributed by atoms with Gasteiger partial charge in [-0.1, -0.05) is 12.1 Å². The summed E-state index contributed by atoms with van der Waals surface area (Å²) in [7, 11) is 1.80. The smallest absolute Gasteiger partial charge is 0.254 e. The SMILES string of the molecule is C[C@H](c1ccc(-n2cncn2)cc1)N(C)C(=O)c1ccc(-c2nnco2)cc1. The molecule has 4 aromatic rings. The second kappa shape index (κ2) is 7.43. The number of carbonyl (C=O) groups excluding carboxylic acids is 1. The third-order valence-corrected chi connectivity index (χ3v) is 4.70. The van der Waals surface area contributed by atoms with Crippen molar-refractivity contribution in [1.82, 2.24) is 29.9 Å². The number of nitrogens with zero attached hydrogens (tertiary/aromatic N) is 6. The van der Waals surface area contributed by atoms with Crippen LogP contribution in [0.15, 0.2) is 72.0 Å². The molecule has 0 radical (unpaired) electrons. The van der Waals surface area contributed by atoms with E-state index in [0.717, 1.165) is 16.8 Å². The number of benzene rings is 2. The first-order chi connectivity index (χ1) is 13.6. The predicted molar refractivity (Wildman–Crippen MR) is 102 cm³/mol. The molecule has 0 saturated carbocycles. The zero-order valence-corrected chi connectivity index (χ0v) is 15.4. The Hall–Kier alpha value is -3.81. The maximum absolute atomic E-state index is 12.9. The fourth-order valence-electron chi connectivity index (χ4n) is 2.90. The molecule has 2 aromatic carbocycles. The molecule has 0 saturated heterocycles. The maximum atomic E-state index is 12.9. The van der Waals surface area contributed by atoms with Crippen molar-refractivity contribution in [3.63, 3.8) is 0 Å². The second-order valence-corrected chi connectivity index (χ2v) is 6.34. The van der Waals surface area contributed by atoms with E-state index in [4.69, 9.17) is 4.42 Å². The highest BCUT2D eigenvalue weighted by Gasteiger charge is 2.19. The van der Waals surface area contributed by atoms with E-state index >= 15 is 0 Å². The quantitative estimate of drug-likeness (QED) is 0.533. The van der Waals surface area contributed by atoms with Crippen molar-refractivity contribution in [3.8, 4) is 17.1 Å². The first-order valence-corrected chi connectivity index (χ1v) is 8.72. The number of hydrogen-bond donors (Lipinski definition) is 0. The lowest BCUT2D eigenvalue weighted by Gasteiger charge is -2.25. The average molecular weight is 374 g/mol. The molecule has 0 N–H and O–H groups in total. The Kier molecular flexibility index (Phi) is 4.67. The van der Waals surface area contributed by atoms with Crippen LogP contribution in [0.1, 0.15) is 28.9 Å². The summed E-state index contributed by atoms with van der Waals surface area (Å²) in [5.74, 6) is 0.359. The maximum Gasteiger partial charge on any atom is 0.254 e. The van der Waals surface area contributed by atoms with Gasteiger partial charge >= 0.3 is 0 Å².